The zero-order valence-corrected chi connectivity index (χ0v) is 12.5. The van der Waals surface area contributed by atoms with Crippen LogP contribution in [-0.4, -0.2) is 25.0 Å². The molecule has 0 saturated carbocycles. The van der Waals surface area contributed by atoms with E-state index in [2.05, 4.69) is 25.6 Å². The summed E-state index contributed by atoms with van der Waals surface area (Å²) in [5, 5.41) is 11.3. The molecule has 1 N–H and O–H groups in total. The molecule has 0 unspecified atom stereocenters. The first-order valence-corrected chi connectivity index (χ1v) is 7.01. The Morgan fingerprint density at radius 3 is 2.74 bits per heavy atom. The lowest BCUT2D eigenvalue weighted by atomic mass is 10.2. The van der Waals surface area contributed by atoms with E-state index in [0.717, 1.165) is 0 Å². The first kappa shape index (κ1) is 15.3. The fourth-order valence-electron chi connectivity index (χ4n) is 1.88. The van der Waals surface area contributed by atoms with Crippen molar-refractivity contribution in [1.82, 2.24) is 25.0 Å². The monoisotopic (exact) mass is 336 g/mol. The van der Waals surface area contributed by atoms with Gasteiger partial charge in [0.05, 0.1) is 35.8 Å². The highest BCUT2D eigenvalue weighted by Crippen LogP contribution is 2.20. The molecule has 0 saturated heterocycles. The van der Waals surface area contributed by atoms with Crippen molar-refractivity contribution in [2.45, 2.75) is 13.0 Å². The molecule has 2 aromatic heterocycles. The number of anilines is 1. The number of nitrogens with zero attached hydrogens (tertiary/aromatic N) is 5. The van der Waals surface area contributed by atoms with Crippen LogP contribution in [0, 0.1) is 0 Å². The van der Waals surface area contributed by atoms with Crippen LogP contribution in [0.2, 0.25) is 5.02 Å². The molecular formula is C14H11ClF2N6. The lowest BCUT2D eigenvalue weighted by Crippen LogP contribution is -2.03. The van der Waals surface area contributed by atoms with E-state index in [1.54, 1.807) is 18.3 Å². The van der Waals surface area contributed by atoms with Crippen LogP contribution in [0.3, 0.4) is 0 Å². The molecule has 1 aromatic carbocycles. The van der Waals surface area contributed by atoms with E-state index in [1.807, 2.05) is 0 Å². The van der Waals surface area contributed by atoms with Gasteiger partial charge < -0.3 is 5.32 Å². The molecule has 3 rings (SSSR count). The van der Waals surface area contributed by atoms with E-state index in [0.29, 0.717) is 28.9 Å². The predicted molar refractivity (Wildman–Crippen MR) is 80.7 cm³/mol. The number of nitrogens with one attached hydrogen (secondary N) is 1. The Kier molecular flexibility index (Phi) is 4.42. The Bertz CT molecular complexity index is 790. The van der Waals surface area contributed by atoms with E-state index in [9.17, 15) is 8.78 Å². The molecule has 9 heteroatoms. The van der Waals surface area contributed by atoms with Crippen LogP contribution in [0.1, 0.15) is 17.7 Å². The van der Waals surface area contributed by atoms with Gasteiger partial charge in [-0.3, -0.25) is 0 Å². The largest absolute Gasteiger partial charge is 0.348 e. The number of hydrogen-bond acceptors (Lipinski definition) is 5. The Morgan fingerprint density at radius 1 is 1.22 bits per heavy atom. The van der Waals surface area contributed by atoms with Gasteiger partial charge in [0, 0.05) is 5.56 Å². The maximum absolute atomic E-state index is 12.7. The van der Waals surface area contributed by atoms with E-state index in [1.165, 1.54) is 29.2 Å². The van der Waals surface area contributed by atoms with Gasteiger partial charge in [0.1, 0.15) is 5.69 Å². The summed E-state index contributed by atoms with van der Waals surface area (Å²) < 4.78 is 26.9. The van der Waals surface area contributed by atoms with Crippen LogP contribution in [0.25, 0.3) is 5.69 Å². The Labute approximate surface area is 135 Å². The molecule has 0 aliphatic heterocycles. The normalized spacial score (nSPS) is 11.0. The Balaban J connectivity index is 1.70. The third kappa shape index (κ3) is 3.78. The summed E-state index contributed by atoms with van der Waals surface area (Å²) in [6, 6.07) is 5.97. The second kappa shape index (κ2) is 6.66. The van der Waals surface area contributed by atoms with Crippen LogP contribution >= 0.6 is 11.6 Å². The highest BCUT2D eigenvalue weighted by Gasteiger charge is 2.09. The van der Waals surface area contributed by atoms with Gasteiger partial charge in [0.25, 0.3) is 6.43 Å². The highest BCUT2D eigenvalue weighted by molar-refractivity contribution is 6.30. The summed E-state index contributed by atoms with van der Waals surface area (Å²) in [5.74, 6) is 0.406. The van der Waals surface area contributed by atoms with Crippen LogP contribution in [-0.2, 0) is 6.54 Å². The SMILES string of the molecule is FC(F)c1cccc(-n2cc(CNc3ncc(Cl)cn3)nn2)c1. The van der Waals surface area contributed by atoms with Crippen molar-refractivity contribution in [2.75, 3.05) is 5.32 Å². The second-order valence-electron chi connectivity index (χ2n) is 4.63. The molecule has 0 aliphatic carbocycles. The van der Waals surface area contributed by atoms with Crippen LogP contribution < -0.4 is 5.32 Å². The zero-order valence-electron chi connectivity index (χ0n) is 11.7. The second-order valence-corrected chi connectivity index (χ2v) is 5.07. The summed E-state index contributed by atoms with van der Waals surface area (Å²) in [4.78, 5) is 7.99. The molecule has 6 nitrogen and oxygen atoms in total. The molecule has 0 fully saturated rings. The van der Waals surface area contributed by atoms with Gasteiger partial charge in [-0.05, 0) is 12.1 Å². The van der Waals surface area contributed by atoms with Crippen molar-refractivity contribution >= 4 is 17.5 Å². The third-order valence-electron chi connectivity index (χ3n) is 2.98. The molecule has 118 valence electrons. The summed E-state index contributed by atoms with van der Waals surface area (Å²) in [7, 11) is 0. The smallest absolute Gasteiger partial charge is 0.263 e. The van der Waals surface area contributed by atoms with Gasteiger partial charge in [-0.15, -0.1) is 5.10 Å². The number of rotatable bonds is 5. The van der Waals surface area contributed by atoms with Gasteiger partial charge in [-0.25, -0.2) is 23.4 Å². The van der Waals surface area contributed by atoms with Gasteiger partial charge in [-0.1, -0.05) is 28.9 Å². The average Bonchev–Trinajstić information content (AvgIpc) is 3.03. The van der Waals surface area contributed by atoms with Crippen molar-refractivity contribution in [3.05, 3.63) is 59.1 Å². The molecule has 0 atom stereocenters. The number of alkyl halides is 2. The zero-order chi connectivity index (χ0) is 16.2. The van der Waals surface area contributed by atoms with Crippen molar-refractivity contribution < 1.29 is 8.78 Å². The summed E-state index contributed by atoms with van der Waals surface area (Å²) in [5.41, 5.74) is 1.07. The van der Waals surface area contributed by atoms with Crippen molar-refractivity contribution in [3.8, 4) is 5.69 Å². The lowest BCUT2D eigenvalue weighted by Gasteiger charge is -2.03. The molecule has 0 bridgehead atoms. The first-order chi connectivity index (χ1) is 11.1. The van der Waals surface area contributed by atoms with Crippen LogP contribution in [0.15, 0.2) is 42.9 Å². The average molecular weight is 337 g/mol. The molecule has 23 heavy (non-hydrogen) atoms. The van der Waals surface area contributed by atoms with Crippen molar-refractivity contribution in [3.63, 3.8) is 0 Å². The minimum absolute atomic E-state index is 0.0627. The van der Waals surface area contributed by atoms with E-state index in [4.69, 9.17) is 11.6 Å². The van der Waals surface area contributed by atoms with Gasteiger partial charge in [0.2, 0.25) is 5.95 Å². The Hall–Kier alpha value is -2.61. The number of aromatic nitrogens is 5. The number of hydrogen-bond donors (Lipinski definition) is 1. The van der Waals surface area contributed by atoms with Crippen molar-refractivity contribution in [1.29, 1.82) is 0 Å². The topological polar surface area (TPSA) is 68.5 Å². The fourth-order valence-corrected chi connectivity index (χ4v) is 1.98. The molecule has 0 radical (unpaired) electrons. The number of halogens is 3. The summed E-state index contributed by atoms with van der Waals surface area (Å²) in [6.07, 6.45) is 2.07. The molecule has 0 aliphatic rings. The lowest BCUT2D eigenvalue weighted by molar-refractivity contribution is 0.151. The molecule has 3 aromatic rings. The number of benzene rings is 1. The Morgan fingerprint density at radius 2 is 2.00 bits per heavy atom. The van der Waals surface area contributed by atoms with Gasteiger partial charge in [0.15, 0.2) is 0 Å². The standard InChI is InChI=1S/C14H11ClF2N6/c15-10-5-18-14(19-6-10)20-7-11-8-23(22-21-11)12-3-1-2-9(4-12)13(16)17/h1-6,8,13H,7H2,(H,18,19,20). The minimum Gasteiger partial charge on any atom is -0.348 e. The maximum Gasteiger partial charge on any atom is 0.263 e. The first-order valence-electron chi connectivity index (χ1n) is 6.63. The summed E-state index contributed by atoms with van der Waals surface area (Å²) >= 11 is 5.70. The predicted octanol–water partition coefficient (Wildman–Crippen LogP) is 3.26. The minimum atomic E-state index is -2.53. The fraction of sp³-hybridized carbons (Fsp3) is 0.143. The molecule has 0 spiro atoms. The van der Waals surface area contributed by atoms with Crippen LogP contribution in [0.5, 0.6) is 0 Å². The van der Waals surface area contributed by atoms with Crippen molar-refractivity contribution in [2.24, 2.45) is 0 Å². The molecule has 2 heterocycles. The maximum atomic E-state index is 12.7. The van der Waals surface area contributed by atoms with Gasteiger partial charge in [-0.2, -0.15) is 0 Å². The highest BCUT2D eigenvalue weighted by atomic mass is 35.5. The van der Waals surface area contributed by atoms with E-state index in [-0.39, 0.29) is 5.56 Å². The molecule has 0 amide bonds. The van der Waals surface area contributed by atoms with E-state index >= 15 is 0 Å². The molecular weight excluding hydrogens is 326 g/mol. The third-order valence-corrected chi connectivity index (χ3v) is 3.17. The quantitative estimate of drug-likeness (QED) is 0.774. The summed E-state index contributed by atoms with van der Waals surface area (Å²) in [6.45, 7) is 0.343. The van der Waals surface area contributed by atoms with E-state index < -0.39 is 6.43 Å². The van der Waals surface area contributed by atoms with Crippen LogP contribution in [0.4, 0.5) is 14.7 Å². The van der Waals surface area contributed by atoms with Gasteiger partial charge >= 0.3 is 0 Å².